The summed E-state index contributed by atoms with van der Waals surface area (Å²) >= 11 is 1.11. The van der Waals surface area contributed by atoms with Gasteiger partial charge in [-0.2, -0.15) is 0 Å². The molecular weight excluding hydrogens is 326 g/mol. The summed E-state index contributed by atoms with van der Waals surface area (Å²) in [5.41, 5.74) is 1.70. The van der Waals surface area contributed by atoms with Crippen molar-refractivity contribution < 1.29 is 9.53 Å². The third-order valence-electron chi connectivity index (χ3n) is 4.16. The highest BCUT2D eigenvalue weighted by atomic mass is 32.1. The van der Waals surface area contributed by atoms with Gasteiger partial charge in [-0.25, -0.2) is 4.98 Å². The highest BCUT2D eigenvalue weighted by Gasteiger charge is 2.16. The van der Waals surface area contributed by atoms with Crippen LogP contribution in [0.4, 0.5) is 0 Å². The van der Waals surface area contributed by atoms with Gasteiger partial charge in [0.05, 0.1) is 0 Å². The number of hydrogen-bond acceptors (Lipinski definition) is 5. The third-order valence-corrected chi connectivity index (χ3v) is 5.04. The predicted octanol–water partition coefficient (Wildman–Crippen LogP) is 2.25. The zero-order valence-electron chi connectivity index (χ0n) is 13.7. The van der Waals surface area contributed by atoms with Gasteiger partial charge in [-0.05, 0) is 38.2 Å². The molecule has 1 aliphatic carbocycles. The maximum Gasteiger partial charge on any atom is 0.307 e. The minimum Gasteiger partial charge on any atom is -0.474 e. The van der Waals surface area contributed by atoms with Gasteiger partial charge in [0.15, 0.2) is 0 Å². The topological polar surface area (TPSA) is 73.2 Å². The number of aromatic nitrogens is 2. The first-order valence-electron chi connectivity index (χ1n) is 8.15. The van der Waals surface area contributed by atoms with E-state index in [1.165, 1.54) is 17.4 Å². The van der Waals surface area contributed by atoms with Crippen LogP contribution in [0.5, 0.6) is 5.88 Å². The van der Waals surface area contributed by atoms with Crippen LogP contribution in [-0.4, -0.2) is 21.6 Å². The van der Waals surface area contributed by atoms with Crippen LogP contribution in [0.25, 0.3) is 0 Å². The molecule has 1 N–H and O–H groups in total. The standard InChI is InChI=1S/C17H21N3O3S/c1-12-11-24-17(22)20(12)10-15(21)18-8-13-6-7-16(19-9-13)23-14-4-2-3-5-14/h6-7,9,11,14H,2-5,8,10H2,1H3,(H,18,21). The van der Waals surface area contributed by atoms with E-state index >= 15 is 0 Å². The molecule has 128 valence electrons. The fraction of sp³-hybridized carbons (Fsp3) is 0.471. The molecule has 0 atom stereocenters. The molecular formula is C17H21N3O3S. The molecule has 0 aliphatic heterocycles. The Hall–Kier alpha value is -2.15. The van der Waals surface area contributed by atoms with E-state index in [-0.39, 0.29) is 23.4 Å². The van der Waals surface area contributed by atoms with E-state index in [4.69, 9.17) is 4.74 Å². The molecule has 1 amide bonds. The first-order chi connectivity index (χ1) is 11.6. The molecule has 1 saturated carbocycles. The summed E-state index contributed by atoms with van der Waals surface area (Å²) in [6.07, 6.45) is 6.65. The summed E-state index contributed by atoms with van der Waals surface area (Å²) in [7, 11) is 0. The molecule has 0 aromatic carbocycles. The number of thiazole rings is 1. The number of aryl methyl sites for hydroxylation is 1. The maximum atomic E-state index is 12.0. The highest BCUT2D eigenvalue weighted by molar-refractivity contribution is 7.07. The van der Waals surface area contributed by atoms with Crippen molar-refractivity contribution in [1.82, 2.24) is 14.9 Å². The van der Waals surface area contributed by atoms with Crippen molar-refractivity contribution in [1.29, 1.82) is 0 Å². The molecule has 2 aromatic rings. The molecule has 2 heterocycles. The molecule has 3 rings (SSSR count). The minimum atomic E-state index is -0.190. The van der Waals surface area contributed by atoms with E-state index < -0.39 is 0 Å². The average Bonchev–Trinajstić information content (AvgIpc) is 3.19. The lowest BCUT2D eigenvalue weighted by Crippen LogP contribution is -2.30. The van der Waals surface area contributed by atoms with E-state index in [0.717, 1.165) is 35.4 Å². The molecule has 1 fully saturated rings. The number of pyridine rings is 1. The van der Waals surface area contributed by atoms with Crippen LogP contribution in [0.2, 0.25) is 0 Å². The summed E-state index contributed by atoms with van der Waals surface area (Å²) in [6.45, 7) is 2.25. The number of carbonyl (C=O) groups is 1. The fourth-order valence-corrected chi connectivity index (χ4v) is 3.49. The van der Waals surface area contributed by atoms with E-state index in [9.17, 15) is 9.59 Å². The monoisotopic (exact) mass is 347 g/mol. The van der Waals surface area contributed by atoms with Gasteiger partial charge in [0.25, 0.3) is 0 Å². The molecule has 2 aromatic heterocycles. The third kappa shape index (κ3) is 4.23. The Morgan fingerprint density at radius 1 is 1.42 bits per heavy atom. The fourth-order valence-electron chi connectivity index (χ4n) is 2.76. The van der Waals surface area contributed by atoms with Gasteiger partial charge in [-0.15, -0.1) is 0 Å². The van der Waals surface area contributed by atoms with Crippen molar-refractivity contribution in [2.45, 2.75) is 51.8 Å². The largest absolute Gasteiger partial charge is 0.474 e. The van der Waals surface area contributed by atoms with Crippen molar-refractivity contribution in [2.24, 2.45) is 0 Å². The van der Waals surface area contributed by atoms with Gasteiger partial charge in [-0.1, -0.05) is 17.4 Å². The van der Waals surface area contributed by atoms with Crippen LogP contribution in [0.1, 0.15) is 36.9 Å². The second kappa shape index (κ2) is 7.61. The van der Waals surface area contributed by atoms with Crippen LogP contribution < -0.4 is 14.9 Å². The lowest BCUT2D eigenvalue weighted by Gasteiger charge is -2.12. The first kappa shape index (κ1) is 16.7. The molecule has 0 spiro atoms. The Morgan fingerprint density at radius 3 is 2.83 bits per heavy atom. The highest BCUT2D eigenvalue weighted by Crippen LogP contribution is 2.22. The summed E-state index contributed by atoms with van der Waals surface area (Å²) in [5, 5.41) is 4.56. The Labute approximate surface area is 144 Å². The molecule has 24 heavy (non-hydrogen) atoms. The smallest absolute Gasteiger partial charge is 0.307 e. The zero-order chi connectivity index (χ0) is 16.9. The van der Waals surface area contributed by atoms with Crippen molar-refractivity contribution in [3.8, 4) is 5.88 Å². The van der Waals surface area contributed by atoms with Gasteiger partial charge in [0, 0.05) is 29.9 Å². The van der Waals surface area contributed by atoms with Gasteiger partial charge < -0.3 is 10.1 Å². The molecule has 0 unspecified atom stereocenters. The minimum absolute atomic E-state index is 0.0461. The van der Waals surface area contributed by atoms with Crippen molar-refractivity contribution in [3.63, 3.8) is 0 Å². The number of amides is 1. The normalized spacial score (nSPS) is 14.7. The maximum absolute atomic E-state index is 12.0. The SMILES string of the molecule is Cc1csc(=O)n1CC(=O)NCc1ccc(OC2CCCC2)nc1. The molecule has 1 aliphatic rings. The van der Waals surface area contributed by atoms with Crippen molar-refractivity contribution in [3.05, 3.63) is 44.6 Å². The van der Waals surface area contributed by atoms with Crippen LogP contribution in [0, 0.1) is 6.92 Å². The lowest BCUT2D eigenvalue weighted by molar-refractivity contribution is -0.121. The number of hydrogen-bond donors (Lipinski definition) is 1. The van der Waals surface area contributed by atoms with Gasteiger partial charge >= 0.3 is 4.87 Å². The van der Waals surface area contributed by atoms with Crippen LogP contribution >= 0.6 is 11.3 Å². The predicted molar refractivity (Wildman–Crippen MR) is 92.3 cm³/mol. The second-order valence-corrected chi connectivity index (χ2v) is 6.86. The van der Waals surface area contributed by atoms with Gasteiger partial charge in [0.1, 0.15) is 12.6 Å². The van der Waals surface area contributed by atoms with Crippen LogP contribution in [0.15, 0.2) is 28.5 Å². The Balaban J connectivity index is 1.49. The van der Waals surface area contributed by atoms with E-state index in [2.05, 4.69) is 10.3 Å². The molecule has 6 nitrogen and oxygen atoms in total. The average molecular weight is 347 g/mol. The zero-order valence-corrected chi connectivity index (χ0v) is 14.5. The number of rotatable bonds is 6. The second-order valence-electron chi connectivity index (χ2n) is 6.03. The number of nitrogens with one attached hydrogen (secondary N) is 1. The van der Waals surface area contributed by atoms with Crippen molar-refractivity contribution >= 4 is 17.2 Å². The first-order valence-corrected chi connectivity index (χ1v) is 9.03. The van der Waals surface area contributed by atoms with Gasteiger partial charge in [0.2, 0.25) is 11.8 Å². The molecule has 0 bridgehead atoms. The van der Waals surface area contributed by atoms with Crippen LogP contribution in [0.3, 0.4) is 0 Å². The quantitative estimate of drug-likeness (QED) is 0.870. The number of nitrogens with zero attached hydrogens (tertiary/aromatic N) is 2. The summed E-state index contributed by atoms with van der Waals surface area (Å²) < 4.78 is 7.29. The number of carbonyl (C=O) groups excluding carboxylic acids is 1. The van der Waals surface area contributed by atoms with Gasteiger partial charge in [-0.3, -0.25) is 14.2 Å². The van der Waals surface area contributed by atoms with E-state index in [1.54, 1.807) is 11.6 Å². The molecule has 0 radical (unpaired) electrons. The summed E-state index contributed by atoms with van der Waals surface area (Å²) in [5.74, 6) is 0.447. The Bertz CT molecular complexity index is 745. The lowest BCUT2D eigenvalue weighted by atomic mass is 10.3. The Kier molecular flexibility index (Phi) is 5.30. The Morgan fingerprint density at radius 2 is 2.21 bits per heavy atom. The van der Waals surface area contributed by atoms with Crippen molar-refractivity contribution in [2.75, 3.05) is 0 Å². The summed E-state index contributed by atoms with van der Waals surface area (Å²) in [4.78, 5) is 27.8. The number of ether oxygens (including phenoxy) is 1. The van der Waals surface area contributed by atoms with E-state index in [0.29, 0.717) is 12.4 Å². The molecule has 7 heteroatoms. The summed E-state index contributed by atoms with van der Waals surface area (Å²) in [6, 6.07) is 3.74. The van der Waals surface area contributed by atoms with E-state index in [1.807, 2.05) is 19.1 Å². The van der Waals surface area contributed by atoms with Crippen LogP contribution in [-0.2, 0) is 17.9 Å². The molecule has 0 saturated heterocycles.